The van der Waals surface area contributed by atoms with Crippen LogP contribution in [0.15, 0.2) is 22.7 Å². The topological polar surface area (TPSA) is 55.2 Å². The van der Waals surface area contributed by atoms with E-state index < -0.39 is 0 Å². The van der Waals surface area contributed by atoms with Crippen molar-refractivity contribution >= 4 is 21.6 Å². The molecule has 1 aromatic rings. The highest BCUT2D eigenvalue weighted by Crippen LogP contribution is 2.36. The highest BCUT2D eigenvalue weighted by molar-refractivity contribution is 9.10. The van der Waals surface area contributed by atoms with Gasteiger partial charge in [-0.1, -0.05) is 13.0 Å². The fourth-order valence-electron chi connectivity index (χ4n) is 2.08. The van der Waals surface area contributed by atoms with E-state index in [1.165, 1.54) is 12.8 Å². The van der Waals surface area contributed by atoms with Crippen LogP contribution in [0.4, 0.5) is 5.69 Å². The molecule has 0 bridgehead atoms. The Bertz CT molecular complexity index is 447. The molecular weight excluding hydrogens is 296 g/mol. The van der Waals surface area contributed by atoms with Crippen LogP contribution in [0.3, 0.4) is 0 Å². The molecule has 1 aliphatic rings. The minimum absolute atomic E-state index is 0.129. The van der Waals surface area contributed by atoms with Crippen molar-refractivity contribution in [1.29, 1.82) is 0 Å². The summed E-state index contributed by atoms with van der Waals surface area (Å²) in [5, 5.41) is 14.2. The molecule has 1 aliphatic carbocycles. The van der Waals surface area contributed by atoms with Crippen molar-refractivity contribution in [3.05, 3.63) is 38.3 Å². The van der Waals surface area contributed by atoms with Crippen molar-refractivity contribution in [2.45, 2.75) is 26.3 Å². The van der Waals surface area contributed by atoms with Crippen LogP contribution in [-0.4, -0.2) is 11.5 Å². The van der Waals surface area contributed by atoms with Crippen molar-refractivity contribution in [3.63, 3.8) is 0 Å². The van der Waals surface area contributed by atoms with Crippen LogP contribution in [0.2, 0.25) is 0 Å². The van der Waals surface area contributed by atoms with Crippen LogP contribution < -0.4 is 5.32 Å². The van der Waals surface area contributed by atoms with Crippen LogP contribution in [0.5, 0.6) is 0 Å². The van der Waals surface area contributed by atoms with E-state index in [9.17, 15) is 10.1 Å². The van der Waals surface area contributed by atoms with E-state index in [1.54, 1.807) is 12.1 Å². The first kappa shape index (κ1) is 13.5. The van der Waals surface area contributed by atoms with Gasteiger partial charge in [0, 0.05) is 12.6 Å². The van der Waals surface area contributed by atoms with Gasteiger partial charge in [0.05, 0.1) is 9.40 Å². The molecule has 1 atom stereocenters. The molecule has 1 saturated carbocycles. The first-order valence-electron chi connectivity index (χ1n) is 6.21. The van der Waals surface area contributed by atoms with Gasteiger partial charge in [-0.05, 0) is 58.8 Å². The smallest absolute Gasteiger partial charge is 0.283 e. The minimum Gasteiger partial charge on any atom is -0.312 e. The predicted molar refractivity (Wildman–Crippen MR) is 74.4 cm³/mol. The summed E-state index contributed by atoms with van der Waals surface area (Å²) >= 11 is 3.19. The van der Waals surface area contributed by atoms with Crippen molar-refractivity contribution in [1.82, 2.24) is 5.32 Å². The van der Waals surface area contributed by atoms with E-state index in [0.29, 0.717) is 16.9 Å². The first-order valence-corrected chi connectivity index (χ1v) is 7.00. The Morgan fingerprint density at radius 2 is 2.28 bits per heavy atom. The van der Waals surface area contributed by atoms with Crippen LogP contribution in [0.25, 0.3) is 0 Å². The van der Waals surface area contributed by atoms with Gasteiger partial charge < -0.3 is 5.32 Å². The van der Waals surface area contributed by atoms with Gasteiger partial charge in [0.25, 0.3) is 5.69 Å². The van der Waals surface area contributed by atoms with Crippen LogP contribution >= 0.6 is 15.9 Å². The minimum atomic E-state index is -0.361. The Balaban J connectivity index is 1.88. The Labute approximate surface area is 115 Å². The Morgan fingerprint density at radius 1 is 1.56 bits per heavy atom. The molecule has 1 aromatic carbocycles. The van der Waals surface area contributed by atoms with Gasteiger partial charge in [0.1, 0.15) is 0 Å². The van der Waals surface area contributed by atoms with E-state index in [4.69, 9.17) is 0 Å². The summed E-state index contributed by atoms with van der Waals surface area (Å²) in [7, 11) is 0. The van der Waals surface area contributed by atoms with E-state index in [2.05, 4.69) is 28.2 Å². The molecule has 0 aliphatic heterocycles. The normalized spacial score (nSPS) is 16.6. The zero-order valence-corrected chi connectivity index (χ0v) is 11.9. The lowest BCUT2D eigenvalue weighted by atomic mass is 10.1. The van der Waals surface area contributed by atoms with Crippen LogP contribution in [0.1, 0.15) is 25.3 Å². The second kappa shape index (κ2) is 5.80. The average Bonchev–Trinajstić information content (AvgIpc) is 3.14. The molecule has 18 heavy (non-hydrogen) atoms. The molecule has 0 saturated heterocycles. The zero-order chi connectivity index (χ0) is 13.1. The van der Waals surface area contributed by atoms with Gasteiger partial charge in [0.15, 0.2) is 0 Å². The number of benzene rings is 1. The fraction of sp³-hybridized carbons (Fsp3) is 0.538. The quantitative estimate of drug-likeness (QED) is 0.646. The third kappa shape index (κ3) is 3.53. The van der Waals surface area contributed by atoms with Crippen molar-refractivity contribution in [2.75, 3.05) is 6.54 Å². The van der Waals surface area contributed by atoms with E-state index >= 15 is 0 Å². The lowest BCUT2D eigenvalue weighted by Crippen LogP contribution is -2.21. The molecular formula is C13H17BrN2O2. The SMILES string of the molecule is CC(CNCc1ccc(Br)c([N+](=O)[O-])c1)C1CC1. The summed E-state index contributed by atoms with van der Waals surface area (Å²) in [5.74, 6) is 1.59. The number of nitrogens with zero attached hydrogens (tertiary/aromatic N) is 1. The molecule has 0 spiro atoms. The van der Waals surface area contributed by atoms with Crippen molar-refractivity contribution in [3.8, 4) is 0 Å². The molecule has 1 fully saturated rings. The van der Waals surface area contributed by atoms with Gasteiger partial charge >= 0.3 is 0 Å². The summed E-state index contributed by atoms with van der Waals surface area (Å²) in [4.78, 5) is 10.4. The number of nitro benzene ring substituents is 1. The largest absolute Gasteiger partial charge is 0.312 e. The highest BCUT2D eigenvalue weighted by atomic mass is 79.9. The fourth-order valence-corrected chi connectivity index (χ4v) is 2.48. The maximum Gasteiger partial charge on any atom is 0.283 e. The third-order valence-corrected chi connectivity index (χ3v) is 4.10. The van der Waals surface area contributed by atoms with E-state index in [0.717, 1.165) is 18.0 Å². The molecule has 1 unspecified atom stereocenters. The van der Waals surface area contributed by atoms with Crippen molar-refractivity contribution < 1.29 is 4.92 Å². The number of hydrogen-bond donors (Lipinski definition) is 1. The second-order valence-electron chi connectivity index (χ2n) is 4.99. The Hall–Kier alpha value is -0.940. The predicted octanol–water partition coefficient (Wildman–Crippen LogP) is 3.49. The van der Waals surface area contributed by atoms with E-state index in [1.807, 2.05) is 6.07 Å². The zero-order valence-electron chi connectivity index (χ0n) is 10.4. The Morgan fingerprint density at radius 3 is 2.89 bits per heavy atom. The maximum atomic E-state index is 10.8. The standard InChI is InChI=1S/C13H17BrN2O2/c1-9(11-3-4-11)7-15-8-10-2-5-12(14)13(6-10)16(17)18/h2,5-6,9,11,15H,3-4,7-8H2,1H3. The van der Waals surface area contributed by atoms with Gasteiger partial charge in [0.2, 0.25) is 0 Å². The van der Waals surface area contributed by atoms with Crippen LogP contribution in [-0.2, 0) is 6.54 Å². The second-order valence-corrected chi connectivity index (χ2v) is 5.84. The van der Waals surface area contributed by atoms with Crippen LogP contribution in [0, 0.1) is 22.0 Å². The molecule has 0 heterocycles. The molecule has 4 nitrogen and oxygen atoms in total. The number of nitro groups is 1. The molecule has 0 amide bonds. The monoisotopic (exact) mass is 312 g/mol. The summed E-state index contributed by atoms with van der Waals surface area (Å²) in [6, 6.07) is 5.27. The maximum absolute atomic E-state index is 10.8. The lowest BCUT2D eigenvalue weighted by molar-refractivity contribution is -0.385. The van der Waals surface area contributed by atoms with Gasteiger partial charge in [-0.3, -0.25) is 10.1 Å². The summed E-state index contributed by atoms with van der Waals surface area (Å²) in [5.41, 5.74) is 1.08. The summed E-state index contributed by atoms with van der Waals surface area (Å²) in [6.07, 6.45) is 2.71. The molecule has 0 aromatic heterocycles. The van der Waals surface area contributed by atoms with E-state index in [-0.39, 0.29) is 10.6 Å². The molecule has 0 radical (unpaired) electrons. The van der Waals surface area contributed by atoms with Gasteiger partial charge in [-0.25, -0.2) is 0 Å². The average molecular weight is 313 g/mol. The number of hydrogen-bond acceptors (Lipinski definition) is 3. The van der Waals surface area contributed by atoms with Gasteiger partial charge in [-0.2, -0.15) is 0 Å². The third-order valence-electron chi connectivity index (χ3n) is 3.43. The summed E-state index contributed by atoms with van der Waals surface area (Å²) < 4.78 is 0.530. The van der Waals surface area contributed by atoms with Crippen molar-refractivity contribution in [2.24, 2.45) is 11.8 Å². The molecule has 1 N–H and O–H groups in total. The number of halogens is 1. The Kier molecular flexibility index (Phi) is 4.35. The number of rotatable bonds is 6. The first-order chi connectivity index (χ1) is 8.58. The number of nitrogens with one attached hydrogen (secondary N) is 1. The molecule has 2 rings (SSSR count). The molecule has 5 heteroatoms. The van der Waals surface area contributed by atoms with Gasteiger partial charge in [-0.15, -0.1) is 0 Å². The lowest BCUT2D eigenvalue weighted by Gasteiger charge is -2.11. The summed E-state index contributed by atoms with van der Waals surface area (Å²) in [6.45, 7) is 3.93. The molecule has 98 valence electrons. The highest BCUT2D eigenvalue weighted by Gasteiger charge is 2.27.